The SMILES string of the molecule is CC(C)c1c(C2(C)CCCCC2)sc(C(=O)O)c1N. The van der Waals surface area contributed by atoms with Gasteiger partial charge in [0.15, 0.2) is 0 Å². The van der Waals surface area contributed by atoms with Gasteiger partial charge in [-0.2, -0.15) is 0 Å². The molecule has 0 aromatic carbocycles. The summed E-state index contributed by atoms with van der Waals surface area (Å²) in [5.74, 6) is -0.617. The Morgan fingerprint density at radius 3 is 2.37 bits per heavy atom. The van der Waals surface area contributed by atoms with Crippen molar-refractivity contribution in [1.82, 2.24) is 0 Å². The van der Waals surface area contributed by atoms with Crippen molar-refractivity contribution in [3.05, 3.63) is 15.3 Å². The van der Waals surface area contributed by atoms with Gasteiger partial charge in [0.2, 0.25) is 0 Å². The van der Waals surface area contributed by atoms with Crippen LogP contribution in [0.5, 0.6) is 0 Å². The zero-order valence-electron chi connectivity index (χ0n) is 12.0. The zero-order chi connectivity index (χ0) is 14.2. The topological polar surface area (TPSA) is 63.3 Å². The fourth-order valence-corrected chi connectivity index (χ4v) is 4.61. The average molecular weight is 281 g/mol. The second-order valence-electron chi connectivity index (χ2n) is 6.17. The number of rotatable bonds is 3. The Kier molecular flexibility index (Phi) is 3.90. The van der Waals surface area contributed by atoms with Gasteiger partial charge in [0.1, 0.15) is 4.88 Å². The molecule has 1 aliphatic rings. The quantitative estimate of drug-likeness (QED) is 0.864. The van der Waals surface area contributed by atoms with Crippen molar-refractivity contribution in [2.75, 3.05) is 5.73 Å². The van der Waals surface area contributed by atoms with E-state index in [4.69, 9.17) is 5.73 Å². The molecular weight excluding hydrogens is 258 g/mol. The number of hydrogen-bond donors (Lipinski definition) is 2. The lowest BCUT2D eigenvalue weighted by molar-refractivity contribution is 0.0703. The normalized spacial score (nSPS) is 18.7. The summed E-state index contributed by atoms with van der Waals surface area (Å²) in [4.78, 5) is 12.9. The summed E-state index contributed by atoms with van der Waals surface area (Å²) in [5, 5.41) is 9.30. The Labute approximate surface area is 118 Å². The lowest BCUT2D eigenvalue weighted by atomic mass is 9.72. The van der Waals surface area contributed by atoms with Crippen LogP contribution >= 0.6 is 11.3 Å². The van der Waals surface area contributed by atoms with Gasteiger partial charge in [-0.05, 0) is 24.3 Å². The number of nitrogen functional groups attached to an aromatic ring is 1. The first-order valence-electron chi connectivity index (χ1n) is 7.03. The van der Waals surface area contributed by atoms with Crippen molar-refractivity contribution in [3.8, 4) is 0 Å². The summed E-state index contributed by atoms with van der Waals surface area (Å²) < 4.78 is 0. The van der Waals surface area contributed by atoms with Crippen molar-refractivity contribution >= 4 is 23.0 Å². The van der Waals surface area contributed by atoms with Crippen LogP contribution < -0.4 is 5.73 Å². The number of carboxylic acid groups (broad SMARTS) is 1. The predicted molar refractivity (Wildman–Crippen MR) is 80.2 cm³/mol. The van der Waals surface area contributed by atoms with Crippen LogP contribution in [-0.4, -0.2) is 11.1 Å². The molecule has 4 heteroatoms. The maximum Gasteiger partial charge on any atom is 0.348 e. The van der Waals surface area contributed by atoms with Gasteiger partial charge in [0, 0.05) is 10.3 Å². The molecule has 1 saturated carbocycles. The van der Waals surface area contributed by atoms with Crippen molar-refractivity contribution in [2.24, 2.45) is 0 Å². The number of nitrogens with two attached hydrogens (primary N) is 1. The number of carboxylic acids is 1. The van der Waals surface area contributed by atoms with Gasteiger partial charge < -0.3 is 10.8 Å². The molecule has 0 atom stereocenters. The van der Waals surface area contributed by atoms with Crippen molar-refractivity contribution < 1.29 is 9.90 Å². The van der Waals surface area contributed by atoms with Gasteiger partial charge in [-0.3, -0.25) is 0 Å². The summed E-state index contributed by atoms with van der Waals surface area (Å²) in [5.41, 5.74) is 7.79. The Balaban J connectivity index is 2.55. The van der Waals surface area contributed by atoms with Crippen LogP contribution in [0.3, 0.4) is 0 Å². The van der Waals surface area contributed by atoms with Crippen LogP contribution in [0.15, 0.2) is 0 Å². The highest BCUT2D eigenvalue weighted by Crippen LogP contribution is 2.48. The standard InChI is InChI=1S/C15H23NO2S/c1-9(2)10-11(16)12(14(17)18)19-13(10)15(3)7-5-4-6-8-15/h9H,4-8,16H2,1-3H3,(H,17,18). The van der Waals surface area contributed by atoms with E-state index in [0.29, 0.717) is 10.6 Å². The number of hydrogen-bond acceptors (Lipinski definition) is 3. The molecule has 1 heterocycles. The van der Waals surface area contributed by atoms with Gasteiger partial charge in [-0.25, -0.2) is 4.79 Å². The van der Waals surface area contributed by atoms with Gasteiger partial charge in [0.25, 0.3) is 0 Å². The van der Waals surface area contributed by atoms with Crippen LogP contribution in [0, 0.1) is 0 Å². The van der Waals surface area contributed by atoms with Crippen LogP contribution in [0.4, 0.5) is 5.69 Å². The van der Waals surface area contributed by atoms with Gasteiger partial charge in [0.05, 0.1) is 5.69 Å². The molecule has 3 N–H and O–H groups in total. The number of carbonyl (C=O) groups is 1. The first-order chi connectivity index (χ1) is 8.87. The monoisotopic (exact) mass is 281 g/mol. The average Bonchev–Trinajstić information content (AvgIpc) is 2.68. The number of anilines is 1. The molecule has 0 amide bonds. The molecule has 1 aromatic rings. The summed E-state index contributed by atoms with van der Waals surface area (Å²) in [7, 11) is 0. The van der Waals surface area contributed by atoms with E-state index in [9.17, 15) is 9.90 Å². The Morgan fingerprint density at radius 2 is 1.89 bits per heavy atom. The fraction of sp³-hybridized carbons (Fsp3) is 0.667. The largest absolute Gasteiger partial charge is 0.477 e. The third-order valence-electron chi connectivity index (χ3n) is 4.26. The highest BCUT2D eigenvalue weighted by Gasteiger charge is 2.36. The molecule has 0 saturated heterocycles. The Morgan fingerprint density at radius 1 is 1.32 bits per heavy atom. The van der Waals surface area contributed by atoms with Crippen LogP contribution in [0.1, 0.15) is 78.9 Å². The molecule has 0 unspecified atom stereocenters. The maximum atomic E-state index is 11.3. The molecule has 1 aliphatic carbocycles. The molecule has 0 bridgehead atoms. The minimum Gasteiger partial charge on any atom is -0.477 e. The van der Waals surface area contributed by atoms with Crippen LogP contribution in [-0.2, 0) is 5.41 Å². The molecule has 1 fully saturated rings. The zero-order valence-corrected chi connectivity index (χ0v) is 12.8. The lowest BCUT2D eigenvalue weighted by Gasteiger charge is -2.34. The molecule has 0 spiro atoms. The van der Waals surface area contributed by atoms with E-state index in [-0.39, 0.29) is 11.3 Å². The molecule has 0 radical (unpaired) electrons. The highest BCUT2D eigenvalue weighted by molar-refractivity contribution is 7.15. The highest BCUT2D eigenvalue weighted by atomic mass is 32.1. The summed E-state index contributed by atoms with van der Waals surface area (Å²) in [6.07, 6.45) is 6.04. The Bertz CT molecular complexity index is 485. The third kappa shape index (κ3) is 2.50. The second-order valence-corrected chi connectivity index (χ2v) is 7.19. The van der Waals surface area contributed by atoms with E-state index >= 15 is 0 Å². The second kappa shape index (κ2) is 5.16. The molecular formula is C15H23NO2S. The molecule has 1 aromatic heterocycles. The van der Waals surface area contributed by atoms with E-state index in [1.165, 1.54) is 35.5 Å². The number of aromatic carboxylic acids is 1. The summed E-state index contributed by atoms with van der Waals surface area (Å²) in [6, 6.07) is 0. The van der Waals surface area contributed by atoms with Crippen LogP contribution in [0.25, 0.3) is 0 Å². The van der Waals surface area contributed by atoms with Crippen molar-refractivity contribution in [2.45, 2.75) is 64.2 Å². The fourth-order valence-electron chi connectivity index (χ4n) is 3.20. The Hall–Kier alpha value is -1.03. The summed E-state index contributed by atoms with van der Waals surface area (Å²) >= 11 is 1.40. The van der Waals surface area contributed by atoms with E-state index in [1.54, 1.807) is 0 Å². The van der Waals surface area contributed by atoms with E-state index in [0.717, 1.165) is 18.4 Å². The molecule has 19 heavy (non-hydrogen) atoms. The van der Waals surface area contributed by atoms with E-state index in [2.05, 4.69) is 20.8 Å². The molecule has 106 valence electrons. The molecule has 2 rings (SSSR count). The third-order valence-corrected chi connectivity index (χ3v) is 5.78. The minimum absolute atomic E-state index is 0.115. The lowest BCUT2D eigenvalue weighted by Crippen LogP contribution is -2.25. The first-order valence-corrected chi connectivity index (χ1v) is 7.84. The smallest absolute Gasteiger partial charge is 0.348 e. The maximum absolute atomic E-state index is 11.3. The van der Waals surface area contributed by atoms with Crippen molar-refractivity contribution in [3.63, 3.8) is 0 Å². The van der Waals surface area contributed by atoms with E-state index in [1.807, 2.05) is 0 Å². The van der Waals surface area contributed by atoms with Gasteiger partial charge in [-0.1, -0.05) is 40.0 Å². The number of thiophene rings is 1. The molecule has 0 aliphatic heterocycles. The predicted octanol–water partition coefficient (Wildman–Crippen LogP) is 4.37. The molecule has 3 nitrogen and oxygen atoms in total. The minimum atomic E-state index is -0.893. The van der Waals surface area contributed by atoms with Gasteiger partial charge in [-0.15, -0.1) is 11.3 Å². The summed E-state index contributed by atoms with van der Waals surface area (Å²) in [6.45, 7) is 6.47. The van der Waals surface area contributed by atoms with E-state index < -0.39 is 5.97 Å². The first kappa shape index (κ1) is 14.4. The van der Waals surface area contributed by atoms with Crippen molar-refractivity contribution in [1.29, 1.82) is 0 Å². The van der Waals surface area contributed by atoms with Gasteiger partial charge >= 0.3 is 5.97 Å². The van der Waals surface area contributed by atoms with Crippen LogP contribution in [0.2, 0.25) is 0 Å².